The lowest BCUT2D eigenvalue weighted by Crippen LogP contribution is -2.23. The molecular weight excluding hydrogens is 247 g/mol. The number of halogens is 3. The van der Waals surface area contributed by atoms with E-state index in [2.05, 4.69) is 4.98 Å². The van der Waals surface area contributed by atoms with Gasteiger partial charge >= 0.3 is 6.18 Å². The van der Waals surface area contributed by atoms with Gasteiger partial charge in [0.05, 0.1) is 12.1 Å². The maximum Gasteiger partial charge on any atom is 0.456 e. The fourth-order valence-electron chi connectivity index (χ4n) is 1.81. The molecule has 2 rings (SSSR count). The summed E-state index contributed by atoms with van der Waals surface area (Å²) in [5.74, 6) is -1.73. The van der Waals surface area contributed by atoms with E-state index in [9.17, 15) is 18.0 Å². The van der Waals surface area contributed by atoms with Gasteiger partial charge in [0, 0.05) is 6.20 Å². The Labute approximate surface area is 100 Å². The lowest BCUT2D eigenvalue weighted by atomic mass is 10.1. The first kappa shape index (κ1) is 12.6. The second-order valence-corrected chi connectivity index (χ2v) is 3.82. The molecule has 96 valence electrons. The number of carbonyl (C=O) groups is 1. The lowest BCUT2D eigenvalue weighted by Gasteiger charge is -2.04. The molecule has 0 radical (unpaired) electrons. The zero-order valence-electron chi connectivity index (χ0n) is 9.45. The Morgan fingerprint density at radius 1 is 1.50 bits per heavy atom. The second-order valence-electron chi connectivity index (χ2n) is 3.82. The van der Waals surface area contributed by atoms with Gasteiger partial charge in [-0.1, -0.05) is 6.07 Å². The van der Waals surface area contributed by atoms with E-state index in [0.717, 1.165) is 0 Å². The van der Waals surface area contributed by atoms with Crippen molar-refractivity contribution in [1.29, 1.82) is 0 Å². The first-order valence-corrected chi connectivity index (χ1v) is 5.14. The van der Waals surface area contributed by atoms with Crippen molar-refractivity contribution in [2.75, 3.05) is 0 Å². The third kappa shape index (κ3) is 1.86. The summed E-state index contributed by atoms with van der Waals surface area (Å²) in [7, 11) is 0. The van der Waals surface area contributed by atoms with Gasteiger partial charge in [-0.15, -0.1) is 0 Å². The summed E-state index contributed by atoms with van der Waals surface area (Å²) in [6.45, 7) is 1.57. The Kier molecular flexibility index (Phi) is 2.86. The number of fused-ring (bicyclic) bond motifs is 1. The molecule has 0 saturated carbocycles. The monoisotopic (exact) mass is 257 g/mol. The van der Waals surface area contributed by atoms with Crippen LogP contribution in [-0.2, 0) is 6.54 Å². The van der Waals surface area contributed by atoms with E-state index in [4.69, 9.17) is 5.73 Å². The minimum absolute atomic E-state index is 0.0459. The summed E-state index contributed by atoms with van der Waals surface area (Å²) >= 11 is 0. The van der Waals surface area contributed by atoms with E-state index >= 15 is 0 Å². The van der Waals surface area contributed by atoms with E-state index in [1.165, 1.54) is 10.6 Å². The molecule has 2 aromatic heterocycles. The minimum Gasteiger partial charge on any atom is -0.324 e. The number of carbonyl (C=O) groups excluding carboxylic acids is 1. The largest absolute Gasteiger partial charge is 0.456 e. The maximum absolute atomic E-state index is 12.5. The molecule has 0 aliphatic heterocycles. The highest BCUT2D eigenvalue weighted by Crippen LogP contribution is 2.25. The van der Waals surface area contributed by atoms with E-state index in [1.54, 1.807) is 19.1 Å². The van der Waals surface area contributed by atoms with Crippen LogP contribution in [0, 0.1) is 6.92 Å². The Morgan fingerprint density at radius 2 is 2.17 bits per heavy atom. The van der Waals surface area contributed by atoms with Crippen molar-refractivity contribution in [3.05, 3.63) is 35.4 Å². The zero-order chi connectivity index (χ0) is 13.5. The quantitative estimate of drug-likeness (QED) is 0.835. The van der Waals surface area contributed by atoms with Crippen LogP contribution in [0.1, 0.15) is 21.9 Å². The van der Waals surface area contributed by atoms with Gasteiger partial charge in [-0.2, -0.15) is 13.2 Å². The van der Waals surface area contributed by atoms with Crippen molar-refractivity contribution in [3.63, 3.8) is 0 Å². The number of aromatic nitrogens is 2. The van der Waals surface area contributed by atoms with Crippen LogP contribution in [0.4, 0.5) is 13.2 Å². The third-order valence-electron chi connectivity index (χ3n) is 2.59. The number of nitrogens with zero attached hydrogens (tertiary/aromatic N) is 2. The smallest absolute Gasteiger partial charge is 0.324 e. The van der Waals surface area contributed by atoms with Gasteiger partial charge in [0.2, 0.25) is 0 Å². The SMILES string of the molecule is Cc1cccn2c(CN)nc(C(=O)C(F)(F)F)c12. The van der Waals surface area contributed by atoms with Crippen LogP contribution in [0.15, 0.2) is 18.3 Å². The average Bonchev–Trinajstić information content (AvgIpc) is 2.67. The molecule has 0 unspecified atom stereocenters. The number of aryl methyl sites for hydroxylation is 1. The van der Waals surface area contributed by atoms with Crippen LogP contribution in [0.3, 0.4) is 0 Å². The van der Waals surface area contributed by atoms with E-state index in [-0.39, 0.29) is 17.9 Å². The average molecular weight is 257 g/mol. The van der Waals surface area contributed by atoms with Crippen LogP contribution in [-0.4, -0.2) is 21.3 Å². The van der Waals surface area contributed by atoms with E-state index < -0.39 is 17.7 Å². The van der Waals surface area contributed by atoms with Gasteiger partial charge in [0.15, 0.2) is 0 Å². The molecule has 0 aliphatic rings. The van der Waals surface area contributed by atoms with Gasteiger partial charge in [0.1, 0.15) is 11.5 Å². The standard InChI is InChI=1S/C11H10F3N3O/c1-6-3-2-4-17-7(5-15)16-8(9(6)17)10(18)11(12,13)14/h2-4H,5,15H2,1H3. The van der Waals surface area contributed by atoms with Gasteiger partial charge < -0.3 is 10.1 Å². The van der Waals surface area contributed by atoms with Crippen molar-refractivity contribution in [1.82, 2.24) is 9.38 Å². The molecule has 0 fully saturated rings. The molecule has 2 aromatic rings. The maximum atomic E-state index is 12.5. The number of rotatable bonds is 2. The number of hydrogen-bond acceptors (Lipinski definition) is 3. The van der Waals surface area contributed by atoms with Crippen LogP contribution in [0.2, 0.25) is 0 Å². The number of nitrogens with two attached hydrogens (primary N) is 1. The van der Waals surface area contributed by atoms with Crippen molar-refractivity contribution < 1.29 is 18.0 Å². The van der Waals surface area contributed by atoms with Crippen LogP contribution >= 0.6 is 0 Å². The molecule has 2 N–H and O–H groups in total. The van der Waals surface area contributed by atoms with E-state index in [0.29, 0.717) is 5.56 Å². The van der Waals surface area contributed by atoms with Crippen molar-refractivity contribution in [3.8, 4) is 0 Å². The number of alkyl halides is 3. The Balaban J connectivity index is 2.76. The molecule has 7 heteroatoms. The highest BCUT2D eigenvalue weighted by Gasteiger charge is 2.42. The number of hydrogen-bond donors (Lipinski definition) is 1. The van der Waals surface area contributed by atoms with Gasteiger partial charge in [-0.3, -0.25) is 4.79 Å². The van der Waals surface area contributed by atoms with Crippen molar-refractivity contribution >= 4 is 11.3 Å². The molecule has 0 atom stereocenters. The molecule has 0 amide bonds. The van der Waals surface area contributed by atoms with Crippen LogP contribution < -0.4 is 5.73 Å². The zero-order valence-corrected chi connectivity index (χ0v) is 9.45. The Morgan fingerprint density at radius 3 is 2.72 bits per heavy atom. The van der Waals surface area contributed by atoms with Gasteiger partial charge in [0.25, 0.3) is 5.78 Å². The fourth-order valence-corrected chi connectivity index (χ4v) is 1.81. The van der Waals surface area contributed by atoms with Crippen LogP contribution in [0.25, 0.3) is 5.52 Å². The van der Waals surface area contributed by atoms with Crippen molar-refractivity contribution in [2.24, 2.45) is 5.73 Å². The molecule has 0 aliphatic carbocycles. The summed E-state index contributed by atoms with van der Waals surface area (Å²) in [4.78, 5) is 15.0. The molecule has 4 nitrogen and oxygen atoms in total. The molecular formula is C11H10F3N3O. The highest BCUT2D eigenvalue weighted by molar-refractivity contribution is 6.04. The second kappa shape index (κ2) is 4.09. The summed E-state index contributed by atoms with van der Waals surface area (Å²) in [5, 5.41) is 0. The number of imidazole rings is 1. The topological polar surface area (TPSA) is 60.4 Å². The van der Waals surface area contributed by atoms with Crippen molar-refractivity contribution in [2.45, 2.75) is 19.6 Å². The normalized spacial score (nSPS) is 12.1. The number of Topliss-reactive ketones (excluding diaryl/α,β-unsaturated/α-hetero) is 1. The third-order valence-corrected chi connectivity index (χ3v) is 2.59. The minimum atomic E-state index is -4.94. The lowest BCUT2D eigenvalue weighted by molar-refractivity contribution is -0.0887. The first-order valence-electron chi connectivity index (χ1n) is 5.14. The highest BCUT2D eigenvalue weighted by atomic mass is 19.4. The van der Waals surface area contributed by atoms with Gasteiger partial charge in [-0.05, 0) is 18.6 Å². The Hall–Kier alpha value is -1.89. The predicted molar refractivity (Wildman–Crippen MR) is 58.2 cm³/mol. The molecule has 18 heavy (non-hydrogen) atoms. The first-order chi connectivity index (χ1) is 8.36. The summed E-state index contributed by atoms with van der Waals surface area (Å²) in [5.41, 5.74) is 5.51. The molecule has 0 aromatic carbocycles. The molecule has 0 spiro atoms. The summed E-state index contributed by atoms with van der Waals surface area (Å²) < 4.78 is 38.8. The number of ketones is 1. The fraction of sp³-hybridized carbons (Fsp3) is 0.273. The Bertz CT molecular complexity index is 616. The molecule has 0 bridgehead atoms. The number of pyridine rings is 1. The predicted octanol–water partition coefficient (Wildman–Crippen LogP) is 1.85. The van der Waals surface area contributed by atoms with Crippen LogP contribution in [0.5, 0.6) is 0 Å². The summed E-state index contributed by atoms with van der Waals surface area (Å²) in [6, 6.07) is 3.27. The molecule has 0 saturated heterocycles. The summed E-state index contributed by atoms with van der Waals surface area (Å²) in [6.07, 6.45) is -3.41. The molecule has 2 heterocycles. The van der Waals surface area contributed by atoms with E-state index in [1.807, 2.05) is 0 Å². The van der Waals surface area contributed by atoms with Gasteiger partial charge in [-0.25, -0.2) is 4.98 Å².